The molecule has 1 aliphatic heterocycles. The quantitative estimate of drug-likeness (QED) is 0.656. The topological polar surface area (TPSA) is 96.4 Å². The highest BCUT2D eigenvalue weighted by atomic mass is 32.2. The fraction of sp³-hybridized carbons (Fsp3) is 0.278. The highest BCUT2D eigenvalue weighted by Gasteiger charge is 2.16. The number of benzene rings is 2. The molecular weight excluding hydrogens is 386 g/mol. The van der Waals surface area contributed by atoms with Crippen molar-refractivity contribution in [1.82, 2.24) is 9.55 Å². The second kappa shape index (κ2) is 7.06. The molecule has 0 fully saturated rings. The molecule has 0 bridgehead atoms. The van der Waals surface area contributed by atoms with Crippen LogP contribution in [-0.4, -0.2) is 31.2 Å². The van der Waals surface area contributed by atoms with Gasteiger partial charge in [0.1, 0.15) is 13.2 Å². The number of hydrogen-bond donors (Lipinski definition) is 1. The number of nitrogens with two attached hydrogens (primary N) is 1. The van der Waals surface area contributed by atoms with E-state index in [1.807, 2.05) is 25.1 Å². The standard InChI is InChI=1S/C18H19N3O4S2/c1-2-21-15-5-4-13(27(19,22)23)10-14(15)20-18(21)26-11-12-3-6-16-17(9-12)25-8-7-24-16/h3-6,9-10H,2,7-8,11H2,1H3,(H2,19,22,23). The Bertz CT molecular complexity index is 1110. The number of ether oxygens (including phenoxy) is 2. The van der Waals surface area contributed by atoms with Gasteiger partial charge in [-0.2, -0.15) is 0 Å². The van der Waals surface area contributed by atoms with Gasteiger partial charge >= 0.3 is 0 Å². The summed E-state index contributed by atoms with van der Waals surface area (Å²) < 4.78 is 36.4. The Kier molecular flexibility index (Phi) is 4.75. The first-order chi connectivity index (χ1) is 13.0. The Morgan fingerprint density at radius 2 is 1.93 bits per heavy atom. The van der Waals surface area contributed by atoms with Crippen LogP contribution in [0.5, 0.6) is 11.5 Å². The molecule has 0 aliphatic carbocycles. The molecule has 0 radical (unpaired) electrons. The molecule has 1 aromatic heterocycles. The lowest BCUT2D eigenvalue weighted by molar-refractivity contribution is 0.171. The fourth-order valence-electron chi connectivity index (χ4n) is 3.01. The van der Waals surface area contributed by atoms with Crippen molar-refractivity contribution in [1.29, 1.82) is 0 Å². The van der Waals surface area contributed by atoms with Gasteiger partial charge in [-0.15, -0.1) is 0 Å². The van der Waals surface area contributed by atoms with E-state index in [4.69, 9.17) is 14.6 Å². The summed E-state index contributed by atoms with van der Waals surface area (Å²) in [5, 5.41) is 6.05. The number of aryl methyl sites for hydroxylation is 1. The average Bonchev–Trinajstić information content (AvgIpc) is 3.02. The third-order valence-electron chi connectivity index (χ3n) is 4.30. The first kappa shape index (κ1) is 18.1. The van der Waals surface area contributed by atoms with Crippen molar-refractivity contribution < 1.29 is 17.9 Å². The summed E-state index contributed by atoms with van der Waals surface area (Å²) >= 11 is 1.59. The van der Waals surface area contributed by atoms with Crippen molar-refractivity contribution in [2.75, 3.05) is 13.2 Å². The Balaban J connectivity index is 1.61. The number of aromatic nitrogens is 2. The summed E-state index contributed by atoms with van der Waals surface area (Å²) in [5.74, 6) is 2.25. The largest absolute Gasteiger partial charge is 0.486 e. The number of sulfonamides is 1. The monoisotopic (exact) mass is 405 g/mol. The molecule has 0 atom stereocenters. The molecule has 7 nitrogen and oxygen atoms in total. The smallest absolute Gasteiger partial charge is 0.238 e. The van der Waals surface area contributed by atoms with Crippen LogP contribution in [0.1, 0.15) is 12.5 Å². The molecule has 4 rings (SSSR count). The van der Waals surface area contributed by atoms with Gasteiger partial charge in [-0.1, -0.05) is 17.8 Å². The SMILES string of the molecule is CCn1c(SCc2ccc3c(c2)OCCO3)nc2cc(S(N)(=O)=O)ccc21. The molecule has 2 aromatic carbocycles. The lowest BCUT2D eigenvalue weighted by Crippen LogP contribution is -2.15. The normalized spacial score (nSPS) is 13.9. The second-order valence-electron chi connectivity index (χ2n) is 6.10. The van der Waals surface area contributed by atoms with E-state index in [2.05, 4.69) is 9.55 Å². The Morgan fingerprint density at radius 1 is 1.15 bits per heavy atom. The average molecular weight is 406 g/mol. The van der Waals surface area contributed by atoms with E-state index in [0.29, 0.717) is 24.5 Å². The Hall–Kier alpha value is -2.23. The van der Waals surface area contributed by atoms with E-state index < -0.39 is 10.0 Å². The van der Waals surface area contributed by atoms with E-state index in [9.17, 15) is 8.42 Å². The van der Waals surface area contributed by atoms with E-state index in [-0.39, 0.29) is 4.90 Å². The number of primary sulfonamides is 1. The zero-order valence-corrected chi connectivity index (χ0v) is 16.3. The van der Waals surface area contributed by atoms with Gasteiger partial charge in [0.25, 0.3) is 0 Å². The van der Waals surface area contributed by atoms with Crippen LogP contribution in [-0.2, 0) is 22.3 Å². The van der Waals surface area contributed by atoms with Gasteiger partial charge in [0.05, 0.1) is 15.9 Å². The number of imidazole rings is 1. The molecule has 142 valence electrons. The van der Waals surface area contributed by atoms with Gasteiger partial charge in [0.15, 0.2) is 16.7 Å². The Morgan fingerprint density at radius 3 is 2.67 bits per heavy atom. The molecule has 0 saturated carbocycles. The minimum Gasteiger partial charge on any atom is -0.486 e. The number of rotatable bonds is 5. The molecule has 0 amide bonds. The number of thioether (sulfide) groups is 1. The van der Waals surface area contributed by atoms with Crippen molar-refractivity contribution in [2.24, 2.45) is 5.14 Å². The van der Waals surface area contributed by atoms with Crippen molar-refractivity contribution in [3.05, 3.63) is 42.0 Å². The van der Waals surface area contributed by atoms with Crippen LogP contribution >= 0.6 is 11.8 Å². The van der Waals surface area contributed by atoms with Gasteiger partial charge in [-0.3, -0.25) is 0 Å². The van der Waals surface area contributed by atoms with Crippen LogP contribution in [0.15, 0.2) is 46.5 Å². The first-order valence-electron chi connectivity index (χ1n) is 8.50. The minimum atomic E-state index is -3.75. The maximum absolute atomic E-state index is 11.6. The van der Waals surface area contributed by atoms with E-state index in [1.165, 1.54) is 12.1 Å². The lowest BCUT2D eigenvalue weighted by atomic mass is 10.2. The number of nitrogens with zero attached hydrogens (tertiary/aromatic N) is 2. The van der Waals surface area contributed by atoms with Gasteiger partial charge in [-0.25, -0.2) is 18.5 Å². The van der Waals surface area contributed by atoms with E-state index in [1.54, 1.807) is 17.8 Å². The third-order valence-corrected chi connectivity index (χ3v) is 6.26. The van der Waals surface area contributed by atoms with Crippen LogP contribution in [0.25, 0.3) is 11.0 Å². The summed E-state index contributed by atoms with van der Waals surface area (Å²) in [6.07, 6.45) is 0. The second-order valence-corrected chi connectivity index (χ2v) is 8.60. The van der Waals surface area contributed by atoms with Gasteiger partial charge in [0, 0.05) is 12.3 Å². The van der Waals surface area contributed by atoms with Crippen LogP contribution in [0, 0.1) is 0 Å². The molecule has 2 N–H and O–H groups in total. The highest BCUT2D eigenvalue weighted by molar-refractivity contribution is 7.98. The Labute approximate surface area is 161 Å². The zero-order valence-electron chi connectivity index (χ0n) is 14.7. The maximum Gasteiger partial charge on any atom is 0.238 e. The van der Waals surface area contributed by atoms with Crippen molar-refractivity contribution in [3.8, 4) is 11.5 Å². The predicted molar refractivity (Wildman–Crippen MR) is 104 cm³/mol. The lowest BCUT2D eigenvalue weighted by Gasteiger charge is -2.18. The maximum atomic E-state index is 11.6. The van der Waals surface area contributed by atoms with E-state index >= 15 is 0 Å². The number of hydrogen-bond acceptors (Lipinski definition) is 6. The summed E-state index contributed by atoms with van der Waals surface area (Å²) in [4.78, 5) is 4.68. The fourth-order valence-corrected chi connectivity index (χ4v) is 4.56. The van der Waals surface area contributed by atoms with Gasteiger partial charge < -0.3 is 14.0 Å². The summed E-state index contributed by atoms with van der Waals surface area (Å²) in [6, 6.07) is 10.7. The summed E-state index contributed by atoms with van der Waals surface area (Å²) in [6.45, 7) is 3.89. The summed E-state index contributed by atoms with van der Waals surface area (Å²) in [5.41, 5.74) is 2.60. The zero-order chi connectivity index (χ0) is 19.0. The molecule has 0 spiro atoms. The molecule has 1 aliphatic rings. The number of fused-ring (bicyclic) bond motifs is 2. The van der Waals surface area contributed by atoms with Crippen molar-refractivity contribution in [2.45, 2.75) is 29.3 Å². The minimum absolute atomic E-state index is 0.0686. The van der Waals surface area contributed by atoms with Crippen molar-refractivity contribution in [3.63, 3.8) is 0 Å². The molecule has 0 unspecified atom stereocenters. The highest BCUT2D eigenvalue weighted by Crippen LogP contribution is 2.33. The van der Waals surface area contributed by atoms with E-state index in [0.717, 1.165) is 34.3 Å². The predicted octanol–water partition coefficient (Wildman–Crippen LogP) is 2.77. The van der Waals surface area contributed by atoms with Crippen molar-refractivity contribution >= 4 is 32.8 Å². The summed E-state index contributed by atoms with van der Waals surface area (Å²) in [7, 11) is -3.75. The molecule has 9 heteroatoms. The van der Waals surface area contributed by atoms with Gasteiger partial charge in [-0.05, 0) is 42.8 Å². The molecule has 3 aromatic rings. The van der Waals surface area contributed by atoms with Gasteiger partial charge in [0.2, 0.25) is 10.0 Å². The van der Waals surface area contributed by atoms with Crippen LogP contribution < -0.4 is 14.6 Å². The van der Waals surface area contributed by atoms with Crippen LogP contribution in [0.2, 0.25) is 0 Å². The molecule has 2 heterocycles. The molecular formula is C18H19N3O4S2. The van der Waals surface area contributed by atoms with Crippen LogP contribution in [0.3, 0.4) is 0 Å². The molecule has 0 saturated heterocycles. The molecule has 27 heavy (non-hydrogen) atoms. The third kappa shape index (κ3) is 3.62. The van der Waals surface area contributed by atoms with Crippen LogP contribution in [0.4, 0.5) is 0 Å². The first-order valence-corrected chi connectivity index (χ1v) is 11.0.